The van der Waals surface area contributed by atoms with Crippen molar-refractivity contribution in [2.24, 2.45) is 0 Å². The summed E-state index contributed by atoms with van der Waals surface area (Å²) in [5.74, 6) is 1.51. The number of benzene rings is 1. The summed E-state index contributed by atoms with van der Waals surface area (Å²) in [5, 5.41) is 13.1. The standard InChI is InChI=1S/C13H17BrN2O3.ClH/c14-10-6-13-12(18-8-19-13)5-9(10)11(7-17)16-3-1-15-2-4-16;/h5-6,11,15,17H,1-4,7-8H2;1H/t11-;/m1./s1. The lowest BCUT2D eigenvalue weighted by molar-refractivity contribution is 0.110. The lowest BCUT2D eigenvalue weighted by atomic mass is 10.0. The topological polar surface area (TPSA) is 54.0 Å². The molecule has 1 saturated heterocycles. The minimum atomic E-state index is -0.00836. The fraction of sp³-hybridized carbons (Fsp3) is 0.538. The van der Waals surface area contributed by atoms with Crippen LogP contribution < -0.4 is 14.8 Å². The Bertz CT molecular complexity index is 469. The predicted octanol–water partition coefficient (Wildman–Crippen LogP) is 1.54. The third-order valence-electron chi connectivity index (χ3n) is 3.62. The molecule has 1 aromatic rings. The Morgan fingerprint density at radius 1 is 1.25 bits per heavy atom. The summed E-state index contributed by atoms with van der Waals surface area (Å²) in [6.07, 6.45) is 0. The number of rotatable bonds is 3. The van der Waals surface area contributed by atoms with Crippen molar-refractivity contribution < 1.29 is 14.6 Å². The van der Waals surface area contributed by atoms with Crippen LogP contribution in [0.3, 0.4) is 0 Å². The highest BCUT2D eigenvalue weighted by atomic mass is 79.9. The van der Waals surface area contributed by atoms with Gasteiger partial charge in [0.25, 0.3) is 0 Å². The highest BCUT2D eigenvalue weighted by Crippen LogP contribution is 2.40. The van der Waals surface area contributed by atoms with E-state index in [4.69, 9.17) is 9.47 Å². The molecule has 20 heavy (non-hydrogen) atoms. The largest absolute Gasteiger partial charge is 0.454 e. The molecule has 0 bridgehead atoms. The van der Waals surface area contributed by atoms with Crippen LogP contribution in [-0.2, 0) is 0 Å². The van der Waals surface area contributed by atoms with Crippen molar-refractivity contribution in [3.8, 4) is 11.5 Å². The first-order valence-corrected chi connectivity index (χ1v) is 7.23. The quantitative estimate of drug-likeness (QED) is 0.851. The number of ether oxygens (including phenoxy) is 2. The molecule has 2 aliphatic rings. The summed E-state index contributed by atoms with van der Waals surface area (Å²) in [4.78, 5) is 2.29. The van der Waals surface area contributed by atoms with E-state index in [1.807, 2.05) is 12.1 Å². The number of piperazine rings is 1. The van der Waals surface area contributed by atoms with Crippen LogP contribution in [0, 0.1) is 0 Å². The lowest BCUT2D eigenvalue weighted by Gasteiger charge is -2.34. The van der Waals surface area contributed by atoms with Gasteiger partial charge in [-0.25, -0.2) is 0 Å². The Morgan fingerprint density at radius 2 is 1.90 bits per heavy atom. The van der Waals surface area contributed by atoms with Crippen LogP contribution in [0.2, 0.25) is 0 Å². The van der Waals surface area contributed by atoms with Crippen molar-refractivity contribution in [3.05, 3.63) is 22.2 Å². The maximum Gasteiger partial charge on any atom is 0.231 e. The molecule has 7 heteroatoms. The number of aliphatic hydroxyl groups is 1. The second-order valence-corrected chi connectivity index (χ2v) is 5.57. The smallest absolute Gasteiger partial charge is 0.231 e. The van der Waals surface area contributed by atoms with Crippen LogP contribution in [0.5, 0.6) is 11.5 Å². The van der Waals surface area contributed by atoms with Crippen molar-refractivity contribution in [2.75, 3.05) is 39.6 Å². The van der Waals surface area contributed by atoms with E-state index in [2.05, 4.69) is 26.1 Å². The Labute approximate surface area is 132 Å². The minimum Gasteiger partial charge on any atom is -0.454 e. The maximum atomic E-state index is 9.75. The summed E-state index contributed by atoms with van der Waals surface area (Å²) < 4.78 is 11.7. The highest BCUT2D eigenvalue weighted by Gasteiger charge is 2.26. The van der Waals surface area contributed by atoms with Crippen molar-refractivity contribution in [2.45, 2.75) is 6.04 Å². The van der Waals surface area contributed by atoms with Gasteiger partial charge in [0.15, 0.2) is 11.5 Å². The summed E-state index contributed by atoms with van der Waals surface area (Å²) in [7, 11) is 0. The summed E-state index contributed by atoms with van der Waals surface area (Å²) in [5.41, 5.74) is 1.05. The number of nitrogens with zero attached hydrogens (tertiary/aromatic N) is 1. The van der Waals surface area contributed by atoms with Gasteiger partial charge in [-0.1, -0.05) is 15.9 Å². The molecule has 2 aliphatic heterocycles. The van der Waals surface area contributed by atoms with Gasteiger partial charge in [0, 0.05) is 30.7 Å². The molecule has 1 atom stereocenters. The average Bonchev–Trinajstić information content (AvgIpc) is 2.88. The van der Waals surface area contributed by atoms with E-state index in [1.54, 1.807) is 0 Å². The van der Waals surface area contributed by atoms with Crippen molar-refractivity contribution in [1.29, 1.82) is 0 Å². The van der Waals surface area contributed by atoms with Gasteiger partial charge in [-0.2, -0.15) is 0 Å². The van der Waals surface area contributed by atoms with E-state index in [0.29, 0.717) is 0 Å². The monoisotopic (exact) mass is 364 g/mol. The molecular weight excluding hydrogens is 348 g/mol. The minimum absolute atomic E-state index is 0. The second kappa shape index (κ2) is 6.95. The molecule has 0 aromatic heterocycles. The van der Waals surface area contributed by atoms with Crippen LogP contribution in [0.4, 0.5) is 0 Å². The van der Waals surface area contributed by atoms with Gasteiger partial charge in [0.05, 0.1) is 12.6 Å². The Kier molecular flexibility index (Phi) is 5.51. The molecule has 0 radical (unpaired) electrons. The van der Waals surface area contributed by atoms with Crippen LogP contribution in [0.25, 0.3) is 0 Å². The van der Waals surface area contributed by atoms with Crippen LogP contribution in [0.15, 0.2) is 16.6 Å². The van der Waals surface area contributed by atoms with Crippen molar-refractivity contribution >= 4 is 28.3 Å². The van der Waals surface area contributed by atoms with Crippen LogP contribution in [-0.4, -0.2) is 49.6 Å². The fourth-order valence-corrected chi connectivity index (χ4v) is 3.18. The van der Waals surface area contributed by atoms with E-state index in [9.17, 15) is 5.11 Å². The van der Waals surface area contributed by atoms with Gasteiger partial charge in [-0.15, -0.1) is 12.4 Å². The maximum absolute atomic E-state index is 9.75. The Hall–Kier alpha value is -0.530. The molecule has 0 saturated carbocycles. The molecule has 2 heterocycles. The van der Waals surface area contributed by atoms with E-state index in [-0.39, 0.29) is 31.8 Å². The molecule has 0 amide bonds. The van der Waals surface area contributed by atoms with E-state index in [1.165, 1.54) is 0 Å². The number of aliphatic hydroxyl groups excluding tert-OH is 1. The predicted molar refractivity (Wildman–Crippen MR) is 81.8 cm³/mol. The van der Waals surface area contributed by atoms with Crippen LogP contribution in [0.1, 0.15) is 11.6 Å². The second-order valence-electron chi connectivity index (χ2n) is 4.71. The molecule has 5 nitrogen and oxygen atoms in total. The third-order valence-corrected chi connectivity index (χ3v) is 4.30. The molecule has 1 aromatic carbocycles. The zero-order chi connectivity index (χ0) is 13.2. The van der Waals surface area contributed by atoms with E-state index in [0.717, 1.165) is 47.7 Å². The Balaban J connectivity index is 0.00000147. The van der Waals surface area contributed by atoms with Gasteiger partial charge in [0.1, 0.15) is 0 Å². The van der Waals surface area contributed by atoms with E-state index < -0.39 is 0 Å². The third kappa shape index (κ3) is 3.04. The first-order valence-electron chi connectivity index (χ1n) is 6.44. The zero-order valence-electron chi connectivity index (χ0n) is 11.0. The summed E-state index contributed by atoms with van der Waals surface area (Å²) in [6, 6.07) is 3.88. The van der Waals surface area contributed by atoms with Gasteiger partial charge >= 0.3 is 0 Å². The molecular formula is C13H18BrClN2O3. The number of nitrogens with one attached hydrogen (secondary N) is 1. The molecule has 3 rings (SSSR count). The lowest BCUT2D eigenvalue weighted by Crippen LogP contribution is -2.46. The average molecular weight is 366 g/mol. The Morgan fingerprint density at radius 3 is 2.55 bits per heavy atom. The normalized spacial score (nSPS) is 19.5. The van der Waals surface area contributed by atoms with Crippen molar-refractivity contribution in [3.63, 3.8) is 0 Å². The number of hydrogen-bond donors (Lipinski definition) is 2. The zero-order valence-corrected chi connectivity index (χ0v) is 13.4. The van der Waals surface area contributed by atoms with Crippen molar-refractivity contribution in [1.82, 2.24) is 10.2 Å². The van der Waals surface area contributed by atoms with Crippen LogP contribution >= 0.6 is 28.3 Å². The molecule has 112 valence electrons. The number of hydrogen-bond acceptors (Lipinski definition) is 5. The number of halogens is 2. The molecule has 0 unspecified atom stereocenters. The number of fused-ring (bicyclic) bond motifs is 1. The van der Waals surface area contributed by atoms with E-state index >= 15 is 0 Å². The first-order chi connectivity index (χ1) is 9.29. The molecule has 2 N–H and O–H groups in total. The summed E-state index contributed by atoms with van der Waals surface area (Å²) in [6.45, 7) is 4.15. The molecule has 0 aliphatic carbocycles. The van der Waals surface area contributed by atoms with Gasteiger partial charge in [0.2, 0.25) is 6.79 Å². The molecule has 0 spiro atoms. The molecule has 1 fully saturated rings. The fourth-order valence-electron chi connectivity index (χ4n) is 2.59. The first kappa shape index (κ1) is 15.9. The highest BCUT2D eigenvalue weighted by molar-refractivity contribution is 9.10. The SMILES string of the molecule is Cl.OC[C@H](c1cc2c(cc1Br)OCO2)N1CCNCC1. The van der Waals surface area contributed by atoms with Gasteiger partial charge in [-0.3, -0.25) is 4.90 Å². The summed E-state index contributed by atoms with van der Waals surface area (Å²) >= 11 is 3.57. The van der Waals surface area contributed by atoms with Gasteiger partial charge in [-0.05, 0) is 17.7 Å². The van der Waals surface area contributed by atoms with Gasteiger partial charge < -0.3 is 19.9 Å².